The van der Waals surface area contributed by atoms with Crippen LogP contribution in [0.2, 0.25) is 0 Å². The maximum Gasteiger partial charge on any atom is 0.232 e. The number of aromatic nitrogens is 2. The smallest absolute Gasteiger partial charge is 0.232 e. The number of halogens is 1. The van der Waals surface area contributed by atoms with E-state index in [-0.39, 0.29) is 30.5 Å². The largest absolute Gasteiger partial charge is 0.471 e. The molecule has 3 fully saturated rings. The Hall–Kier alpha value is -1.40. The van der Waals surface area contributed by atoms with Gasteiger partial charge >= 0.3 is 0 Å². The number of ether oxygens (including phenoxy) is 1. The van der Waals surface area contributed by atoms with E-state index in [9.17, 15) is 4.79 Å². The fourth-order valence-electron chi connectivity index (χ4n) is 3.21. The highest BCUT2D eigenvalue weighted by atomic mass is 35.5. The number of carbonyl (C=O) groups excluding carboxylic acids is 1. The molecule has 1 N–H and O–H groups in total. The molecule has 0 aromatic carbocycles. The highest BCUT2D eigenvalue weighted by molar-refractivity contribution is 5.85. The highest BCUT2D eigenvalue weighted by Gasteiger charge is 2.37. The van der Waals surface area contributed by atoms with E-state index in [1.165, 1.54) is 12.8 Å². The summed E-state index contributed by atoms with van der Waals surface area (Å²) in [5, 5.41) is 3.31. The van der Waals surface area contributed by atoms with Crippen LogP contribution >= 0.6 is 12.4 Å². The number of hydrogen-bond donors (Lipinski definition) is 1. The predicted molar refractivity (Wildman–Crippen MR) is 83.3 cm³/mol. The van der Waals surface area contributed by atoms with Gasteiger partial charge in [-0.25, -0.2) is 4.98 Å². The van der Waals surface area contributed by atoms with Crippen LogP contribution in [0.5, 0.6) is 5.88 Å². The zero-order valence-electron chi connectivity index (χ0n) is 12.4. The van der Waals surface area contributed by atoms with Crippen LogP contribution in [0.15, 0.2) is 12.4 Å². The lowest BCUT2D eigenvalue weighted by Crippen LogP contribution is -2.37. The highest BCUT2D eigenvalue weighted by Crippen LogP contribution is 2.38. The molecule has 120 valence electrons. The zero-order chi connectivity index (χ0) is 14.2. The van der Waals surface area contributed by atoms with Gasteiger partial charge in [0.15, 0.2) is 0 Å². The Morgan fingerprint density at radius 1 is 1.27 bits per heavy atom. The first-order valence-electron chi connectivity index (χ1n) is 7.78. The molecule has 2 aliphatic heterocycles. The molecule has 22 heavy (non-hydrogen) atoms. The Morgan fingerprint density at radius 3 is 2.86 bits per heavy atom. The van der Waals surface area contributed by atoms with E-state index in [1.54, 1.807) is 6.20 Å². The zero-order valence-corrected chi connectivity index (χ0v) is 13.2. The lowest BCUT2D eigenvalue weighted by Gasteiger charge is -2.20. The monoisotopic (exact) mass is 324 g/mol. The molecule has 0 spiro atoms. The van der Waals surface area contributed by atoms with Crippen LogP contribution in [0.1, 0.15) is 37.3 Å². The van der Waals surface area contributed by atoms with E-state index < -0.39 is 0 Å². The molecule has 7 heteroatoms. The standard InChI is InChI=1S/C15H20N4O2.ClH/c20-15-3-4-16-6-11-5-12(9-19(11)15)21-14-8-17-13(7-18-14)10-1-2-10;/h7-8,10-12,16H,1-6,9H2;1H/t11-,12-;/m0./s1. The minimum absolute atomic E-state index is 0. The number of carbonyl (C=O) groups is 1. The number of nitrogens with zero attached hydrogens (tertiary/aromatic N) is 3. The van der Waals surface area contributed by atoms with E-state index in [0.29, 0.717) is 24.8 Å². The van der Waals surface area contributed by atoms with Crippen molar-refractivity contribution in [3.05, 3.63) is 18.1 Å². The maximum absolute atomic E-state index is 12.0. The third-order valence-corrected chi connectivity index (χ3v) is 4.52. The Labute approximate surface area is 136 Å². The van der Waals surface area contributed by atoms with Gasteiger partial charge in [-0.05, 0) is 12.8 Å². The van der Waals surface area contributed by atoms with E-state index in [2.05, 4.69) is 15.3 Å². The summed E-state index contributed by atoms with van der Waals surface area (Å²) in [6, 6.07) is 0.253. The third-order valence-electron chi connectivity index (χ3n) is 4.52. The van der Waals surface area contributed by atoms with Crippen molar-refractivity contribution in [1.82, 2.24) is 20.2 Å². The first-order chi connectivity index (χ1) is 10.3. The molecule has 4 rings (SSSR count). The summed E-state index contributed by atoms with van der Waals surface area (Å²) in [4.78, 5) is 22.8. The topological polar surface area (TPSA) is 67.3 Å². The fraction of sp³-hybridized carbons (Fsp3) is 0.667. The molecule has 1 aliphatic carbocycles. The minimum atomic E-state index is 0. The average molecular weight is 325 g/mol. The first kappa shape index (κ1) is 15.5. The van der Waals surface area contributed by atoms with Crippen molar-refractivity contribution in [2.45, 2.75) is 43.7 Å². The van der Waals surface area contributed by atoms with Crippen molar-refractivity contribution >= 4 is 18.3 Å². The minimum Gasteiger partial charge on any atom is -0.471 e. The Morgan fingerprint density at radius 2 is 2.14 bits per heavy atom. The van der Waals surface area contributed by atoms with E-state index >= 15 is 0 Å². The number of amides is 1. The summed E-state index contributed by atoms with van der Waals surface area (Å²) in [6.45, 7) is 2.31. The maximum atomic E-state index is 12.0. The van der Waals surface area contributed by atoms with Crippen molar-refractivity contribution in [2.24, 2.45) is 0 Å². The molecule has 1 aromatic rings. The van der Waals surface area contributed by atoms with Gasteiger partial charge in [0, 0.05) is 37.9 Å². The molecule has 0 unspecified atom stereocenters. The third kappa shape index (κ3) is 3.17. The molecule has 2 atom stereocenters. The molecular formula is C15H21ClN4O2. The van der Waals surface area contributed by atoms with Crippen LogP contribution in [0.3, 0.4) is 0 Å². The van der Waals surface area contributed by atoms with E-state index in [4.69, 9.17) is 4.74 Å². The second-order valence-corrected chi connectivity index (χ2v) is 6.18. The average Bonchev–Trinajstić information content (AvgIpc) is 3.28. The Bertz CT molecular complexity index is 535. The summed E-state index contributed by atoms with van der Waals surface area (Å²) < 4.78 is 5.92. The van der Waals surface area contributed by atoms with Gasteiger partial charge in [0.05, 0.1) is 24.6 Å². The predicted octanol–water partition coefficient (Wildman–Crippen LogP) is 1.12. The molecule has 0 bridgehead atoms. The summed E-state index contributed by atoms with van der Waals surface area (Å²) in [7, 11) is 0. The quantitative estimate of drug-likeness (QED) is 0.902. The summed E-state index contributed by atoms with van der Waals surface area (Å²) >= 11 is 0. The Balaban J connectivity index is 0.00000144. The number of nitrogens with one attached hydrogen (secondary N) is 1. The van der Waals surface area contributed by atoms with Crippen LogP contribution in [-0.2, 0) is 4.79 Å². The van der Waals surface area contributed by atoms with E-state index in [1.807, 2.05) is 11.1 Å². The van der Waals surface area contributed by atoms with Crippen LogP contribution in [-0.4, -0.2) is 52.6 Å². The fourth-order valence-corrected chi connectivity index (χ4v) is 3.21. The second kappa shape index (κ2) is 6.38. The van der Waals surface area contributed by atoms with Gasteiger partial charge in [0.25, 0.3) is 0 Å². The van der Waals surface area contributed by atoms with Gasteiger partial charge in [-0.1, -0.05) is 0 Å². The molecule has 3 heterocycles. The lowest BCUT2D eigenvalue weighted by molar-refractivity contribution is -0.131. The first-order valence-corrected chi connectivity index (χ1v) is 7.78. The van der Waals surface area contributed by atoms with Gasteiger partial charge in [-0.3, -0.25) is 9.78 Å². The number of fused-ring (bicyclic) bond motifs is 1. The van der Waals surface area contributed by atoms with Gasteiger partial charge in [-0.15, -0.1) is 12.4 Å². The van der Waals surface area contributed by atoms with Crippen molar-refractivity contribution < 1.29 is 9.53 Å². The van der Waals surface area contributed by atoms with Crippen LogP contribution in [0, 0.1) is 0 Å². The van der Waals surface area contributed by atoms with Gasteiger partial charge in [0.2, 0.25) is 11.8 Å². The summed E-state index contributed by atoms with van der Waals surface area (Å²) in [5.74, 6) is 1.41. The lowest BCUT2D eigenvalue weighted by atomic mass is 10.2. The van der Waals surface area contributed by atoms with Crippen molar-refractivity contribution in [1.29, 1.82) is 0 Å². The molecule has 1 amide bonds. The molecular weight excluding hydrogens is 304 g/mol. The van der Waals surface area contributed by atoms with Crippen LogP contribution in [0.25, 0.3) is 0 Å². The van der Waals surface area contributed by atoms with Crippen molar-refractivity contribution in [3.63, 3.8) is 0 Å². The molecule has 6 nitrogen and oxygen atoms in total. The summed E-state index contributed by atoms with van der Waals surface area (Å²) in [6.07, 6.45) is 7.47. The number of hydrogen-bond acceptors (Lipinski definition) is 5. The SMILES string of the molecule is Cl.O=C1CCNC[C@@H]2C[C@H](Oc3cnc(C4CC4)cn3)CN12. The molecule has 1 aromatic heterocycles. The molecule has 0 radical (unpaired) electrons. The van der Waals surface area contributed by atoms with Gasteiger partial charge in [-0.2, -0.15) is 0 Å². The van der Waals surface area contributed by atoms with Crippen molar-refractivity contribution in [3.8, 4) is 5.88 Å². The Kier molecular flexibility index (Phi) is 4.49. The van der Waals surface area contributed by atoms with Crippen LogP contribution in [0.4, 0.5) is 0 Å². The van der Waals surface area contributed by atoms with Crippen LogP contribution < -0.4 is 10.1 Å². The second-order valence-electron chi connectivity index (χ2n) is 6.18. The van der Waals surface area contributed by atoms with Crippen molar-refractivity contribution in [2.75, 3.05) is 19.6 Å². The molecule has 1 saturated carbocycles. The number of rotatable bonds is 3. The molecule has 3 aliphatic rings. The normalized spacial score (nSPS) is 27.8. The molecule has 2 saturated heterocycles. The summed E-state index contributed by atoms with van der Waals surface area (Å²) in [5.41, 5.74) is 1.07. The van der Waals surface area contributed by atoms with E-state index in [0.717, 1.165) is 25.2 Å². The van der Waals surface area contributed by atoms with Gasteiger partial charge in [0.1, 0.15) is 6.10 Å². The van der Waals surface area contributed by atoms with Gasteiger partial charge < -0.3 is 15.0 Å².